The number of hydrogen-bond acceptors (Lipinski definition) is 3. The van der Waals surface area contributed by atoms with E-state index in [1.165, 1.54) is 0 Å². The fraction of sp³-hybridized carbons (Fsp3) is 0.250. The van der Waals surface area contributed by atoms with Crippen LogP contribution in [-0.4, -0.2) is 38.7 Å². The maximum atomic E-state index is 12.3. The maximum absolute atomic E-state index is 12.3. The molecule has 0 bridgehead atoms. The molecule has 3 aromatic rings. The summed E-state index contributed by atoms with van der Waals surface area (Å²) in [6.45, 7) is 2.12. The fourth-order valence-corrected chi connectivity index (χ4v) is 3.83. The molecule has 0 radical (unpaired) electrons. The van der Waals surface area contributed by atoms with Crippen LogP contribution in [0, 0.1) is 6.92 Å². The van der Waals surface area contributed by atoms with Gasteiger partial charge >= 0.3 is 0 Å². The number of sulfonamides is 1. The Morgan fingerprint density at radius 3 is 2.52 bits per heavy atom. The third-order valence-electron chi connectivity index (χ3n) is 4.40. The van der Waals surface area contributed by atoms with E-state index in [9.17, 15) is 13.2 Å². The summed E-state index contributed by atoms with van der Waals surface area (Å²) in [4.78, 5) is 15.5. The van der Waals surface area contributed by atoms with E-state index in [1.54, 1.807) is 12.1 Å². The van der Waals surface area contributed by atoms with E-state index in [1.807, 2.05) is 49.5 Å². The van der Waals surface area contributed by atoms with Crippen molar-refractivity contribution in [2.24, 2.45) is 0 Å². The average Bonchev–Trinajstić information content (AvgIpc) is 3.03. The topological polar surface area (TPSA) is 82.3 Å². The van der Waals surface area contributed by atoms with Crippen molar-refractivity contribution in [2.75, 3.05) is 23.7 Å². The number of aromatic nitrogens is 1. The van der Waals surface area contributed by atoms with Crippen LogP contribution in [0.1, 0.15) is 11.1 Å². The molecule has 2 N–H and O–H groups in total. The number of rotatable bonds is 7. The van der Waals surface area contributed by atoms with Crippen LogP contribution >= 0.6 is 0 Å². The molecule has 2 aromatic carbocycles. The number of para-hydroxylation sites is 1. The molecule has 3 rings (SSSR count). The highest BCUT2D eigenvalue weighted by Crippen LogP contribution is 2.19. The Hall–Kier alpha value is -2.80. The smallest absolute Gasteiger partial charge is 0.240 e. The number of amides is 1. The molecule has 0 aliphatic rings. The first-order valence-corrected chi connectivity index (χ1v) is 10.6. The van der Waals surface area contributed by atoms with E-state index in [0.29, 0.717) is 18.7 Å². The second-order valence-corrected chi connectivity index (χ2v) is 8.47. The molecule has 1 heterocycles. The van der Waals surface area contributed by atoms with Gasteiger partial charge in [-0.25, -0.2) is 8.42 Å². The first-order chi connectivity index (χ1) is 12.8. The first kappa shape index (κ1) is 19.0. The number of anilines is 1. The summed E-state index contributed by atoms with van der Waals surface area (Å²) in [6, 6.07) is 15.0. The summed E-state index contributed by atoms with van der Waals surface area (Å²) in [5, 5.41) is 3.94. The fourth-order valence-electron chi connectivity index (χ4n) is 2.97. The Kier molecular flexibility index (Phi) is 5.51. The lowest BCUT2D eigenvalue weighted by Crippen LogP contribution is -2.40. The molecule has 0 atom stereocenters. The highest BCUT2D eigenvalue weighted by Gasteiger charge is 2.20. The van der Waals surface area contributed by atoms with Crippen molar-refractivity contribution in [1.29, 1.82) is 0 Å². The number of nitrogens with one attached hydrogen (secondary N) is 2. The number of nitrogens with zero attached hydrogens (tertiary/aromatic N) is 1. The molecule has 0 saturated carbocycles. The lowest BCUT2D eigenvalue weighted by atomic mass is 10.1. The van der Waals surface area contributed by atoms with Crippen LogP contribution in [0.25, 0.3) is 10.9 Å². The highest BCUT2D eigenvalue weighted by molar-refractivity contribution is 7.92. The molecule has 1 aromatic heterocycles. The molecule has 7 heteroatoms. The third-order valence-corrected chi connectivity index (χ3v) is 5.54. The number of fused-ring (bicyclic) bond motifs is 1. The van der Waals surface area contributed by atoms with Crippen molar-refractivity contribution in [3.05, 3.63) is 65.9 Å². The normalized spacial score (nSPS) is 11.5. The molecule has 1 amide bonds. The standard InChI is InChI=1S/C20H23N3O3S/c1-15-7-9-17(10-8-15)23(27(2,25)26)14-20(24)21-12-11-16-13-22-19-6-4-3-5-18(16)19/h3-10,13,22H,11-12,14H2,1-2H3,(H,21,24). The summed E-state index contributed by atoms with van der Waals surface area (Å²) >= 11 is 0. The summed E-state index contributed by atoms with van der Waals surface area (Å²) in [5.41, 5.74) is 3.68. The van der Waals surface area contributed by atoms with Crippen molar-refractivity contribution >= 4 is 32.5 Å². The van der Waals surface area contributed by atoms with Gasteiger partial charge in [-0.1, -0.05) is 35.9 Å². The highest BCUT2D eigenvalue weighted by atomic mass is 32.2. The molecular weight excluding hydrogens is 362 g/mol. The van der Waals surface area contributed by atoms with Crippen LogP contribution in [0.3, 0.4) is 0 Å². The second kappa shape index (κ2) is 7.84. The quantitative estimate of drug-likeness (QED) is 0.656. The molecule has 0 unspecified atom stereocenters. The van der Waals surface area contributed by atoms with Gasteiger partial charge in [-0.2, -0.15) is 0 Å². The molecule has 27 heavy (non-hydrogen) atoms. The first-order valence-electron chi connectivity index (χ1n) is 8.70. The van der Waals surface area contributed by atoms with Crippen molar-refractivity contribution in [3.63, 3.8) is 0 Å². The Bertz CT molecular complexity index is 1040. The van der Waals surface area contributed by atoms with Crippen molar-refractivity contribution in [1.82, 2.24) is 10.3 Å². The van der Waals surface area contributed by atoms with E-state index < -0.39 is 10.0 Å². The Morgan fingerprint density at radius 1 is 1.11 bits per heavy atom. The minimum atomic E-state index is -3.56. The van der Waals surface area contributed by atoms with Crippen molar-refractivity contribution < 1.29 is 13.2 Å². The summed E-state index contributed by atoms with van der Waals surface area (Å²) in [5.74, 6) is -0.333. The minimum absolute atomic E-state index is 0.240. The van der Waals surface area contributed by atoms with Gasteiger partial charge in [0.15, 0.2) is 0 Å². The van der Waals surface area contributed by atoms with Crippen LogP contribution < -0.4 is 9.62 Å². The van der Waals surface area contributed by atoms with E-state index >= 15 is 0 Å². The van der Waals surface area contributed by atoms with Crippen LogP contribution in [-0.2, 0) is 21.2 Å². The largest absolute Gasteiger partial charge is 0.361 e. The molecule has 0 aliphatic carbocycles. The number of H-pyrrole nitrogens is 1. The number of hydrogen-bond donors (Lipinski definition) is 2. The van der Waals surface area contributed by atoms with Gasteiger partial charge in [-0.15, -0.1) is 0 Å². The number of aromatic amines is 1. The van der Waals surface area contributed by atoms with Crippen molar-refractivity contribution in [2.45, 2.75) is 13.3 Å². The number of carbonyl (C=O) groups is 1. The molecule has 0 fully saturated rings. The van der Waals surface area contributed by atoms with E-state index in [4.69, 9.17) is 0 Å². The van der Waals surface area contributed by atoms with E-state index in [-0.39, 0.29) is 12.5 Å². The average molecular weight is 385 g/mol. The van der Waals surface area contributed by atoms with Crippen LogP contribution in [0.4, 0.5) is 5.69 Å². The monoisotopic (exact) mass is 385 g/mol. The molecule has 6 nitrogen and oxygen atoms in total. The van der Waals surface area contributed by atoms with Crippen LogP contribution in [0.5, 0.6) is 0 Å². The lowest BCUT2D eigenvalue weighted by molar-refractivity contribution is -0.119. The van der Waals surface area contributed by atoms with E-state index in [0.717, 1.165) is 32.6 Å². The third kappa shape index (κ3) is 4.68. The van der Waals surface area contributed by atoms with Crippen LogP contribution in [0.15, 0.2) is 54.7 Å². The predicted molar refractivity (Wildman–Crippen MR) is 108 cm³/mol. The van der Waals surface area contributed by atoms with Gasteiger partial charge in [-0.3, -0.25) is 9.10 Å². The predicted octanol–water partition coefficient (Wildman–Crippen LogP) is 2.60. The Labute approximate surface area is 159 Å². The maximum Gasteiger partial charge on any atom is 0.240 e. The van der Waals surface area contributed by atoms with Gasteiger partial charge in [0.05, 0.1) is 11.9 Å². The molecule has 0 spiro atoms. The van der Waals surface area contributed by atoms with Crippen molar-refractivity contribution in [3.8, 4) is 0 Å². The summed E-state index contributed by atoms with van der Waals surface area (Å²) in [7, 11) is -3.56. The van der Waals surface area contributed by atoms with Gasteiger partial charge < -0.3 is 10.3 Å². The summed E-state index contributed by atoms with van der Waals surface area (Å²) in [6.07, 6.45) is 3.71. The van der Waals surface area contributed by atoms with Gasteiger partial charge in [-0.05, 0) is 37.1 Å². The lowest BCUT2D eigenvalue weighted by Gasteiger charge is -2.22. The Balaban J connectivity index is 1.62. The zero-order chi connectivity index (χ0) is 19.4. The number of carbonyl (C=O) groups excluding carboxylic acids is 1. The molecule has 142 valence electrons. The Morgan fingerprint density at radius 2 is 1.81 bits per heavy atom. The molecule has 0 aliphatic heterocycles. The van der Waals surface area contributed by atoms with Crippen LogP contribution in [0.2, 0.25) is 0 Å². The second-order valence-electron chi connectivity index (χ2n) is 6.56. The molecule has 0 saturated heterocycles. The zero-order valence-electron chi connectivity index (χ0n) is 15.4. The zero-order valence-corrected chi connectivity index (χ0v) is 16.2. The molecular formula is C20H23N3O3S. The van der Waals surface area contributed by atoms with Gasteiger partial charge in [0.2, 0.25) is 15.9 Å². The van der Waals surface area contributed by atoms with Gasteiger partial charge in [0.1, 0.15) is 6.54 Å². The van der Waals surface area contributed by atoms with E-state index in [2.05, 4.69) is 10.3 Å². The number of aryl methyl sites for hydroxylation is 1. The van der Waals surface area contributed by atoms with Gasteiger partial charge in [0, 0.05) is 23.6 Å². The van der Waals surface area contributed by atoms with Gasteiger partial charge in [0.25, 0.3) is 0 Å². The SMILES string of the molecule is Cc1ccc(N(CC(=O)NCCc2c[nH]c3ccccc23)S(C)(=O)=O)cc1. The summed E-state index contributed by atoms with van der Waals surface area (Å²) < 4.78 is 25.3. The number of benzene rings is 2. The minimum Gasteiger partial charge on any atom is -0.361 e.